The van der Waals surface area contributed by atoms with Crippen LogP contribution in [0.25, 0.3) is 0 Å². The van der Waals surface area contributed by atoms with E-state index in [4.69, 9.17) is 4.42 Å². The van der Waals surface area contributed by atoms with Crippen LogP contribution in [0, 0.1) is 19.8 Å². The first-order chi connectivity index (χ1) is 11.6. The number of rotatable bonds is 8. The quantitative estimate of drug-likeness (QED) is 0.576. The maximum atomic E-state index is 5.34. The fourth-order valence-corrected chi connectivity index (χ4v) is 2.56. The second-order valence-corrected chi connectivity index (χ2v) is 6.19. The summed E-state index contributed by atoms with van der Waals surface area (Å²) in [6.07, 6.45) is 2.55. The Morgan fingerprint density at radius 2 is 2.21 bits per heavy atom. The molecule has 0 aromatic carbocycles. The van der Waals surface area contributed by atoms with Crippen LogP contribution in [0.5, 0.6) is 0 Å². The van der Waals surface area contributed by atoms with Gasteiger partial charge < -0.3 is 15.1 Å². The average molecular weight is 331 g/mol. The van der Waals surface area contributed by atoms with Gasteiger partial charge >= 0.3 is 0 Å². The summed E-state index contributed by atoms with van der Waals surface area (Å²) in [5.74, 6) is 2.25. The molecule has 2 rings (SSSR count). The van der Waals surface area contributed by atoms with Gasteiger partial charge in [-0.05, 0) is 44.9 Å². The first-order valence-electron chi connectivity index (χ1n) is 8.64. The van der Waals surface area contributed by atoms with Crippen LogP contribution < -0.4 is 10.6 Å². The molecular formula is C18H29N5O. The second kappa shape index (κ2) is 9.15. The van der Waals surface area contributed by atoms with Crippen molar-refractivity contribution in [2.75, 3.05) is 19.6 Å². The summed E-state index contributed by atoms with van der Waals surface area (Å²) in [5.41, 5.74) is 2.27. The smallest absolute Gasteiger partial charge is 0.191 e. The number of nitrogens with zero attached hydrogens (tertiary/aromatic N) is 3. The third-order valence-electron chi connectivity index (χ3n) is 3.74. The zero-order valence-corrected chi connectivity index (χ0v) is 15.2. The monoisotopic (exact) mass is 331 g/mol. The van der Waals surface area contributed by atoms with Gasteiger partial charge in [0.05, 0.1) is 12.0 Å². The van der Waals surface area contributed by atoms with Gasteiger partial charge in [-0.15, -0.1) is 0 Å². The molecule has 0 aliphatic carbocycles. The van der Waals surface area contributed by atoms with E-state index >= 15 is 0 Å². The lowest BCUT2D eigenvalue weighted by atomic mass is 10.2. The van der Waals surface area contributed by atoms with Gasteiger partial charge in [0.15, 0.2) is 5.96 Å². The van der Waals surface area contributed by atoms with Gasteiger partial charge in [0, 0.05) is 38.3 Å². The fraction of sp³-hybridized carbons (Fsp3) is 0.556. The Morgan fingerprint density at radius 3 is 2.83 bits per heavy atom. The number of aromatic nitrogens is 2. The lowest BCUT2D eigenvalue weighted by Crippen LogP contribution is -2.38. The van der Waals surface area contributed by atoms with Crippen LogP contribution >= 0.6 is 0 Å². The minimum absolute atomic E-state index is 0.420. The van der Waals surface area contributed by atoms with E-state index in [1.165, 1.54) is 5.69 Å². The summed E-state index contributed by atoms with van der Waals surface area (Å²) < 4.78 is 7.41. The van der Waals surface area contributed by atoms with Crippen molar-refractivity contribution < 1.29 is 4.42 Å². The molecule has 0 amide bonds. The Balaban J connectivity index is 1.81. The fourth-order valence-electron chi connectivity index (χ4n) is 2.56. The highest BCUT2D eigenvalue weighted by atomic mass is 16.3. The van der Waals surface area contributed by atoms with Crippen molar-refractivity contribution in [1.82, 2.24) is 20.4 Å². The van der Waals surface area contributed by atoms with Gasteiger partial charge in [0.1, 0.15) is 5.76 Å². The van der Waals surface area contributed by atoms with Crippen LogP contribution in [0.2, 0.25) is 0 Å². The predicted octanol–water partition coefficient (Wildman–Crippen LogP) is 2.53. The van der Waals surface area contributed by atoms with Crippen molar-refractivity contribution in [3.8, 4) is 0 Å². The van der Waals surface area contributed by atoms with Crippen LogP contribution in [-0.2, 0) is 13.0 Å². The zero-order chi connectivity index (χ0) is 17.4. The van der Waals surface area contributed by atoms with E-state index in [2.05, 4.69) is 52.2 Å². The molecule has 2 N–H and O–H groups in total. The van der Waals surface area contributed by atoms with Crippen LogP contribution in [0.15, 0.2) is 33.9 Å². The molecule has 2 heterocycles. The summed E-state index contributed by atoms with van der Waals surface area (Å²) in [4.78, 5) is 4.69. The first-order valence-corrected chi connectivity index (χ1v) is 8.64. The molecule has 132 valence electrons. The zero-order valence-electron chi connectivity index (χ0n) is 15.2. The minimum Gasteiger partial charge on any atom is -0.469 e. The largest absolute Gasteiger partial charge is 0.469 e. The lowest BCUT2D eigenvalue weighted by molar-refractivity contribution is 0.449. The van der Waals surface area contributed by atoms with E-state index in [1.54, 1.807) is 6.26 Å². The van der Waals surface area contributed by atoms with Crippen molar-refractivity contribution >= 4 is 5.96 Å². The van der Waals surface area contributed by atoms with Crippen LogP contribution in [-0.4, -0.2) is 35.4 Å². The van der Waals surface area contributed by atoms with Gasteiger partial charge in [-0.2, -0.15) is 5.10 Å². The van der Waals surface area contributed by atoms with E-state index in [0.717, 1.165) is 50.0 Å². The Bertz CT molecular complexity index is 630. The highest BCUT2D eigenvalue weighted by molar-refractivity contribution is 5.79. The number of aryl methyl sites for hydroxylation is 2. The number of hydrogen-bond acceptors (Lipinski definition) is 3. The van der Waals surface area contributed by atoms with Crippen LogP contribution in [0.3, 0.4) is 0 Å². The predicted molar refractivity (Wildman–Crippen MR) is 97.3 cm³/mol. The maximum absolute atomic E-state index is 5.34. The molecule has 24 heavy (non-hydrogen) atoms. The van der Waals surface area contributed by atoms with Crippen molar-refractivity contribution in [3.05, 3.63) is 41.6 Å². The first kappa shape index (κ1) is 18.1. The molecule has 0 spiro atoms. The highest BCUT2D eigenvalue weighted by Gasteiger charge is 2.07. The maximum Gasteiger partial charge on any atom is 0.191 e. The van der Waals surface area contributed by atoms with E-state index in [-0.39, 0.29) is 0 Å². The third kappa shape index (κ3) is 5.76. The number of guanidine groups is 1. The van der Waals surface area contributed by atoms with E-state index in [9.17, 15) is 0 Å². The molecular weight excluding hydrogens is 302 g/mol. The molecule has 2 aromatic rings. The number of hydrogen-bond donors (Lipinski definition) is 2. The molecule has 6 nitrogen and oxygen atoms in total. The van der Waals surface area contributed by atoms with Crippen molar-refractivity contribution in [3.63, 3.8) is 0 Å². The molecule has 6 heteroatoms. The van der Waals surface area contributed by atoms with Gasteiger partial charge in [0.2, 0.25) is 0 Å². The topological polar surface area (TPSA) is 67.4 Å². The normalized spacial score (nSPS) is 13.1. The van der Waals surface area contributed by atoms with Crippen LogP contribution in [0.1, 0.15) is 31.0 Å². The minimum atomic E-state index is 0.420. The molecule has 0 aliphatic heterocycles. The van der Waals surface area contributed by atoms with E-state index in [1.807, 2.05) is 19.1 Å². The molecule has 0 bridgehead atoms. The van der Waals surface area contributed by atoms with Crippen molar-refractivity contribution in [1.29, 1.82) is 0 Å². The Kier molecular flexibility index (Phi) is 6.90. The van der Waals surface area contributed by atoms with Gasteiger partial charge in [0.25, 0.3) is 0 Å². The molecule has 0 saturated heterocycles. The summed E-state index contributed by atoms with van der Waals surface area (Å²) in [7, 11) is 0. The molecule has 1 unspecified atom stereocenters. The number of nitrogens with one attached hydrogen (secondary N) is 2. The molecule has 0 aliphatic rings. The Morgan fingerprint density at radius 1 is 1.38 bits per heavy atom. The second-order valence-electron chi connectivity index (χ2n) is 6.19. The Hall–Kier alpha value is -2.24. The summed E-state index contributed by atoms with van der Waals surface area (Å²) in [5, 5.41) is 11.2. The molecule has 0 radical (unpaired) electrons. The molecule has 0 fully saturated rings. The SMILES string of the molecule is CCNC(=NCC(C)Cn1nc(C)cc1C)NCCc1ccco1. The van der Waals surface area contributed by atoms with Gasteiger partial charge in [-0.3, -0.25) is 9.67 Å². The van der Waals surface area contributed by atoms with Crippen LogP contribution in [0.4, 0.5) is 0 Å². The molecule has 1 atom stereocenters. The standard InChI is InChI=1S/C18H29N5O/c1-5-19-18(20-9-8-17-7-6-10-24-17)21-12-14(2)13-23-16(4)11-15(3)22-23/h6-7,10-11,14H,5,8-9,12-13H2,1-4H3,(H2,19,20,21). The third-order valence-corrected chi connectivity index (χ3v) is 3.74. The summed E-state index contributed by atoms with van der Waals surface area (Å²) in [6, 6.07) is 6.01. The number of furan rings is 1. The average Bonchev–Trinajstić information content (AvgIpc) is 3.15. The van der Waals surface area contributed by atoms with Crippen molar-refractivity contribution in [2.45, 2.75) is 40.7 Å². The van der Waals surface area contributed by atoms with E-state index in [0.29, 0.717) is 5.92 Å². The highest BCUT2D eigenvalue weighted by Crippen LogP contribution is 2.06. The molecule has 0 saturated carbocycles. The Labute approximate surface area is 144 Å². The molecule has 2 aromatic heterocycles. The van der Waals surface area contributed by atoms with Gasteiger partial charge in [-0.25, -0.2) is 0 Å². The van der Waals surface area contributed by atoms with Crippen molar-refractivity contribution in [2.24, 2.45) is 10.9 Å². The summed E-state index contributed by atoms with van der Waals surface area (Å²) in [6.45, 7) is 11.7. The number of aliphatic imine (C=N–C) groups is 1. The van der Waals surface area contributed by atoms with E-state index < -0.39 is 0 Å². The lowest BCUT2D eigenvalue weighted by Gasteiger charge is -2.14. The summed E-state index contributed by atoms with van der Waals surface area (Å²) >= 11 is 0. The van der Waals surface area contributed by atoms with Gasteiger partial charge in [-0.1, -0.05) is 6.92 Å².